The van der Waals surface area contributed by atoms with Gasteiger partial charge in [0.15, 0.2) is 0 Å². The molecular weight excluding hydrogens is 382 g/mol. The first-order valence-electron chi connectivity index (χ1n) is 7.77. The zero-order chi connectivity index (χ0) is 19.3. The quantitative estimate of drug-likeness (QED) is 0.420. The number of hydrogen-bond donors (Lipinski definition) is 1. The Morgan fingerprint density at radius 1 is 1.04 bits per heavy atom. The van der Waals surface area contributed by atoms with Gasteiger partial charge in [-0.15, -0.1) is 0 Å². The Morgan fingerprint density at radius 2 is 1.78 bits per heavy atom. The average Bonchev–Trinajstić information content (AvgIpc) is 2.68. The van der Waals surface area contributed by atoms with Crippen molar-refractivity contribution < 1.29 is 9.00 Å². The Labute approximate surface area is 162 Å². The number of carbonyl (C=O) groups is 1. The van der Waals surface area contributed by atoms with Crippen LogP contribution in [0.1, 0.15) is 21.5 Å². The fourth-order valence-electron chi connectivity index (χ4n) is 2.13. The molecule has 1 aromatic carbocycles. The first kappa shape index (κ1) is 18.6. The van der Waals surface area contributed by atoms with E-state index in [1.807, 2.05) is 0 Å². The molecule has 27 heavy (non-hydrogen) atoms. The minimum atomic E-state index is -2.96. The van der Waals surface area contributed by atoms with Gasteiger partial charge in [-0.05, 0) is 36.2 Å². The van der Waals surface area contributed by atoms with Crippen LogP contribution in [0.5, 0.6) is 0 Å². The van der Waals surface area contributed by atoms with Crippen LogP contribution in [0.2, 0.25) is 5.15 Å². The lowest BCUT2D eigenvalue weighted by Crippen LogP contribution is -2.30. The van der Waals surface area contributed by atoms with Gasteiger partial charge in [-0.25, -0.2) is 9.19 Å². The number of benzene rings is 1. The van der Waals surface area contributed by atoms with Gasteiger partial charge < -0.3 is 0 Å². The van der Waals surface area contributed by atoms with Crippen LogP contribution in [0.4, 0.5) is 0 Å². The van der Waals surface area contributed by atoms with Gasteiger partial charge in [0.2, 0.25) is 0 Å². The van der Waals surface area contributed by atoms with E-state index in [1.165, 1.54) is 12.4 Å². The van der Waals surface area contributed by atoms with Crippen molar-refractivity contribution in [3.63, 3.8) is 0 Å². The first-order chi connectivity index (χ1) is 12.9. The molecule has 2 aromatic heterocycles. The van der Waals surface area contributed by atoms with Gasteiger partial charge in [-0.1, -0.05) is 41.6 Å². The average molecular weight is 396 g/mol. The van der Waals surface area contributed by atoms with Crippen LogP contribution in [0.25, 0.3) is 0 Å². The molecule has 1 N–H and O–H groups in total. The summed E-state index contributed by atoms with van der Waals surface area (Å²) in [7, 11) is -2.96. The molecular formula is C20H14ClN3O2S. The molecule has 3 aromatic rings. The molecule has 0 aliphatic heterocycles. The molecule has 0 spiro atoms. The second kappa shape index (κ2) is 8.04. The van der Waals surface area contributed by atoms with Crippen LogP contribution < -0.4 is 4.72 Å². The molecule has 0 saturated heterocycles. The molecule has 0 radical (unpaired) electrons. The van der Waals surface area contributed by atoms with E-state index in [0.717, 1.165) is 0 Å². The van der Waals surface area contributed by atoms with E-state index in [-0.39, 0.29) is 5.56 Å². The Bertz CT molecular complexity index is 1130. The van der Waals surface area contributed by atoms with E-state index in [4.69, 9.17) is 11.6 Å². The van der Waals surface area contributed by atoms with Gasteiger partial charge >= 0.3 is 0 Å². The third-order valence-electron chi connectivity index (χ3n) is 3.46. The minimum Gasteiger partial charge on any atom is -0.275 e. The van der Waals surface area contributed by atoms with Crippen LogP contribution in [0.15, 0.2) is 72.0 Å². The summed E-state index contributed by atoms with van der Waals surface area (Å²) in [6.45, 7) is 0. The van der Waals surface area contributed by atoms with Crippen LogP contribution in [-0.2, 0) is 9.71 Å². The van der Waals surface area contributed by atoms with Crippen molar-refractivity contribution >= 4 is 33.1 Å². The highest BCUT2D eigenvalue weighted by Crippen LogP contribution is 2.10. The Hall–Kier alpha value is -3.14. The maximum absolute atomic E-state index is 12.7. The molecule has 5 nitrogen and oxygen atoms in total. The summed E-state index contributed by atoms with van der Waals surface area (Å²) >= 11 is 5.74. The molecule has 1 atom stereocenters. The van der Waals surface area contributed by atoms with Crippen LogP contribution in [0.3, 0.4) is 0 Å². The van der Waals surface area contributed by atoms with Gasteiger partial charge in [-0.2, -0.15) is 0 Å². The van der Waals surface area contributed by atoms with E-state index < -0.39 is 15.6 Å². The van der Waals surface area contributed by atoms with Crippen molar-refractivity contribution in [2.75, 3.05) is 0 Å². The number of pyridine rings is 2. The maximum atomic E-state index is 12.7. The van der Waals surface area contributed by atoms with Gasteiger partial charge in [0.25, 0.3) is 5.91 Å². The highest BCUT2D eigenvalue weighted by atomic mass is 35.5. The maximum Gasteiger partial charge on any atom is 0.264 e. The minimum absolute atomic E-state index is 0.239. The molecule has 2 heterocycles. The first-order valence-corrected chi connectivity index (χ1v) is 9.87. The molecule has 134 valence electrons. The molecule has 3 rings (SSSR count). The lowest BCUT2D eigenvalue weighted by atomic mass is 10.2. The van der Waals surface area contributed by atoms with Crippen LogP contribution in [-0.4, -0.2) is 26.0 Å². The second-order valence-electron chi connectivity index (χ2n) is 5.50. The lowest BCUT2D eigenvalue weighted by Gasteiger charge is -2.11. The summed E-state index contributed by atoms with van der Waals surface area (Å²) < 4.78 is 15.1. The Balaban J connectivity index is 1.79. The topological polar surface area (TPSA) is 72.0 Å². The number of aromatic nitrogens is 2. The second-order valence-corrected chi connectivity index (χ2v) is 7.91. The number of amides is 1. The molecule has 1 amide bonds. The van der Waals surface area contributed by atoms with Crippen molar-refractivity contribution in [2.45, 2.75) is 4.90 Å². The number of rotatable bonds is 3. The van der Waals surface area contributed by atoms with Gasteiger partial charge in [0.05, 0.1) is 15.3 Å². The van der Waals surface area contributed by atoms with E-state index in [0.29, 0.717) is 21.2 Å². The van der Waals surface area contributed by atoms with Crippen LogP contribution >= 0.6 is 11.6 Å². The predicted molar refractivity (Wildman–Crippen MR) is 107 cm³/mol. The summed E-state index contributed by atoms with van der Waals surface area (Å²) in [4.78, 5) is 20.9. The third kappa shape index (κ3) is 4.94. The summed E-state index contributed by atoms with van der Waals surface area (Å²) in [5.74, 6) is 8.93. The van der Waals surface area contributed by atoms with Crippen molar-refractivity contribution in [1.29, 1.82) is 0 Å². The molecule has 1 unspecified atom stereocenters. The van der Waals surface area contributed by atoms with Crippen molar-refractivity contribution in [2.24, 2.45) is 0 Å². The molecule has 0 aliphatic rings. The Morgan fingerprint density at radius 3 is 2.48 bits per heavy atom. The summed E-state index contributed by atoms with van der Waals surface area (Å²) in [6, 6.07) is 13.5. The van der Waals surface area contributed by atoms with Crippen molar-refractivity contribution in [3.05, 3.63) is 89.0 Å². The van der Waals surface area contributed by atoms with E-state index >= 15 is 0 Å². The van der Waals surface area contributed by atoms with Crippen LogP contribution in [0, 0.1) is 11.8 Å². The van der Waals surface area contributed by atoms with Gasteiger partial charge in [0, 0.05) is 34.6 Å². The normalized spacial score (nSPS) is 12.3. The SMILES string of the molecule is C=S(=O)(NC(=O)c1cncc(C#Cc2ccc(Cl)nc2)c1)c1ccccc1. The van der Waals surface area contributed by atoms with Crippen molar-refractivity contribution in [3.8, 4) is 11.8 Å². The smallest absolute Gasteiger partial charge is 0.264 e. The summed E-state index contributed by atoms with van der Waals surface area (Å²) in [5.41, 5.74) is 1.45. The molecule has 7 heteroatoms. The number of hydrogen-bond acceptors (Lipinski definition) is 4. The summed E-state index contributed by atoms with van der Waals surface area (Å²) in [6.07, 6.45) is 4.47. The number of nitrogens with zero attached hydrogens (tertiary/aromatic N) is 2. The zero-order valence-electron chi connectivity index (χ0n) is 14.1. The fraction of sp³-hybridized carbons (Fsp3) is 0. The molecule has 0 saturated carbocycles. The van der Waals surface area contributed by atoms with E-state index in [2.05, 4.69) is 32.4 Å². The molecule has 0 aliphatic carbocycles. The number of halogens is 1. The lowest BCUT2D eigenvalue weighted by molar-refractivity contribution is 0.0982. The van der Waals surface area contributed by atoms with Gasteiger partial charge in [0.1, 0.15) is 5.15 Å². The highest BCUT2D eigenvalue weighted by Gasteiger charge is 2.13. The van der Waals surface area contributed by atoms with Gasteiger partial charge in [-0.3, -0.25) is 14.5 Å². The van der Waals surface area contributed by atoms with Crippen molar-refractivity contribution in [1.82, 2.24) is 14.7 Å². The standard InChI is InChI=1S/C20H14ClN3O2S/c1-27(26,18-5-3-2-4-6-18)24-20(25)17-11-16(12-22-14-17)8-7-15-9-10-19(21)23-13-15/h2-6,9-14H,1H2,(H,24,25,26). The summed E-state index contributed by atoms with van der Waals surface area (Å²) in [5, 5.41) is 0.385. The molecule has 0 fully saturated rings. The van der Waals surface area contributed by atoms with E-state index in [9.17, 15) is 9.00 Å². The number of carbonyl (C=O) groups excluding carboxylic acids is 1. The fourth-order valence-corrected chi connectivity index (χ4v) is 3.38. The predicted octanol–water partition coefficient (Wildman–Crippen LogP) is 2.95. The monoisotopic (exact) mass is 395 g/mol. The highest BCUT2D eigenvalue weighted by molar-refractivity contribution is 7.99. The van der Waals surface area contributed by atoms with E-state index in [1.54, 1.807) is 54.7 Å². The zero-order valence-corrected chi connectivity index (χ0v) is 15.6. The molecule has 0 bridgehead atoms. The number of nitrogens with one attached hydrogen (secondary N) is 1. The largest absolute Gasteiger partial charge is 0.275 e. The Kier molecular flexibility index (Phi) is 5.55. The third-order valence-corrected chi connectivity index (χ3v) is 5.23.